The minimum Gasteiger partial charge on any atom is -0.467 e. The average molecular weight is 951 g/mol. The summed E-state index contributed by atoms with van der Waals surface area (Å²) >= 11 is 4.53. The highest BCUT2D eigenvalue weighted by Gasteiger charge is 2.16. The van der Waals surface area contributed by atoms with E-state index in [0.717, 1.165) is 77.9 Å². The first kappa shape index (κ1) is 53.1. The summed E-state index contributed by atoms with van der Waals surface area (Å²) in [5.41, 5.74) is 7.20. The highest BCUT2D eigenvalue weighted by atomic mass is 32.2. The molecule has 0 aliphatic rings. The predicted molar refractivity (Wildman–Crippen MR) is 274 cm³/mol. The third kappa shape index (κ3) is 21.6. The van der Waals surface area contributed by atoms with E-state index in [4.69, 9.17) is 0 Å². The molecule has 0 aliphatic heterocycles. The van der Waals surface area contributed by atoms with Crippen molar-refractivity contribution in [2.45, 2.75) is 68.1 Å². The van der Waals surface area contributed by atoms with E-state index < -0.39 is 12.1 Å². The third-order valence-corrected chi connectivity index (χ3v) is 12.7. The second-order valence-corrected chi connectivity index (χ2v) is 18.1. The Labute approximate surface area is 402 Å². The van der Waals surface area contributed by atoms with E-state index in [9.17, 15) is 29.1 Å². The van der Waals surface area contributed by atoms with Gasteiger partial charge in [-0.3, -0.25) is 19.2 Å². The number of amides is 4. The van der Waals surface area contributed by atoms with Gasteiger partial charge in [0.05, 0.1) is 18.6 Å². The maximum absolute atomic E-state index is 12.3. The molecule has 0 heterocycles. The standard InChI is InChI=1S/C28H32N2O2S2.C24H30N2O5S/c1-33-26-16-14-22(15-17-26)20-34-21-28(32)29-18-7-3-6-13-27(31)30-25-12-8-11-24(19-25)23-9-4-2-5-10-23;1-31-24(30)21(27)16-32-17-23(29)25-14-7-3-6-13-22(28)26-20-12-8-11-19(15-20)18-9-4-2-5-10-18/h2,4-5,8-12,14-17,19H,3,6-7,13,18,20-21H2,1H3,(H,29,32)(H,30,31);2,4-5,8-12,15,21,27H,3,6-7,13-14,16-17H2,1H3,(H,25,29)(H,26,28). The van der Waals surface area contributed by atoms with E-state index in [2.05, 4.69) is 68.7 Å². The van der Waals surface area contributed by atoms with E-state index in [-0.39, 0.29) is 35.1 Å². The Balaban J connectivity index is 0.000000289. The summed E-state index contributed by atoms with van der Waals surface area (Å²) in [6.07, 6.45) is 6.68. The Morgan fingerprint density at radius 3 is 1.48 bits per heavy atom. The molecule has 66 heavy (non-hydrogen) atoms. The number of anilines is 2. The summed E-state index contributed by atoms with van der Waals surface area (Å²) < 4.78 is 4.41. The molecule has 5 aromatic carbocycles. The molecule has 0 aromatic heterocycles. The van der Waals surface area contributed by atoms with Gasteiger partial charge >= 0.3 is 5.97 Å². The summed E-state index contributed by atoms with van der Waals surface area (Å²) in [5.74, 6) is 0.800. The number of benzene rings is 5. The molecule has 4 amide bonds. The Morgan fingerprint density at radius 2 is 1.02 bits per heavy atom. The molecule has 5 N–H and O–H groups in total. The van der Waals surface area contributed by atoms with Gasteiger partial charge in [-0.05, 0) is 96.2 Å². The van der Waals surface area contributed by atoms with Gasteiger partial charge in [0, 0.05) is 53.7 Å². The van der Waals surface area contributed by atoms with Crippen molar-refractivity contribution in [3.63, 3.8) is 0 Å². The zero-order valence-corrected chi connectivity index (χ0v) is 40.2. The molecule has 350 valence electrons. The van der Waals surface area contributed by atoms with Crippen molar-refractivity contribution in [3.8, 4) is 22.3 Å². The molecule has 11 nitrogen and oxygen atoms in total. The lowest BCUT2D eigenvalue weighted by molar-refractivity contribution is -0.149. The third-order valence-electron chi connectivity index (χ3n) is 9.96. The van der Waals surface area contributed by atoms with E-state index in [1.807, 2.05) is 97.1 Å². The SMILES string of the molecule is COC(=O)C(O)CSCC(=O)NCCCCCC(=O)Nc1cccc(-c2ccccc2)c1.CSc1ccc(CSCC(=O)NCCCCCC(=O)Nc2cccc(-c3ccccc3)c2)cc1. The molecule has 0 spiro atoms. The second-order valence-electron chi connectivity index (χ2n) is 15.2. The van der Waals surface area contributed by atoms with Crippen LogP contribution >= 0.6 is 35.3 Å². The number of ether oxygens (including phenoxy) is 1. The molecule has 5 aromatic rings. The number of hydrogen-bond acceptors (Lipinski definition) is 10. The minimum absolute atomic E-state index is 0.0243. The van der Waals surface area contributed by atoms with Crippen molar-refractivity contribution in [3.05, 3.63) is 139 Å². The molecule has 14 heteroatoms. The Morgan fingerprint density at radius 1 is 0.545 bits per heavy atom. The van der Waals surface area contributed by atoms with E-state index in [0.29, 0.717) is 31.7 Å². The van der Waals surface area contributed by atoms with Crippen LogP contribution in [0, 0.1) is 0 Å². The normalized spacial score (nSPS) is 11.0. The molecule has 0 bridgehead atoms. The Bertz CT molecular complexity index is 2230. The highest BCUT2D eigenvalue weighted by Crippen LogP contribution is 2.24. The van der Waals surface area contributed by atoms with Crippen LogP contribution in [0.3, 0.4) is 0 Å². The van der Waals surface area contributed by atoms with Crippen molar-refractivity contribution in [1.29, 1.82) is 0 Å². The molecule has 0 saturated heterocycles. The number of nitrogens with one attached hydrogen (secondary N) is 4. The monoisotopic (exact) mass is 950 g/mol. The zero-order chi connectivity index (χ0) is 47.2. The topological polar surface area (TPSA) is 163 Å². The number of hydrogen-bond donors (Lipinski definition) is 5. The number of carbonyl (C=O) groups is 5. The fraction of sp³-hybridized carbons (Fsp3) is 0.327. The first-order valence-electron chi connectivity index (χ1n) is 22.1. The van der Waals surface area contributed by atoms with Crippen molar-refractivity contribution < 1.29 is 33.8 Å². The van der Waals surface area contributed by atoms with Crippen molar-refractivity contribution in [2.75, 3.05) is 54.3 Å². The number of thioether (sulfide) groups is 3. The number of rotatable bonds is 26. The molecule has 0 fully saturated rings. The van der Waals surface area contributed by atoms with Crippen LogP contribution in [-0.2, 0) is 34.5 Å². The van der Waals surface area contributed by atoms with Gasteiger partial charge in [0.15, 0.2) is 6.10 Å². The lowest BCUT2D eigenvalue weighted by atomic mass is 10.1. The second kappa shape index (κ2) is 31.4. The summed E-state index contributed by atoms with van der Waals surface area (Å²) in [4.78, 5) is 60.6. The largest absolute Gasteiger partial charge is 0.467 e. The van der Waals surface area contributed by atoms with Crippen LogP contribution in [0.15, 0.2) is 138 Å². The van der Waals surface area contributed by atoms with Gasteiger partial charge in [0.25, 0.3) is 0 Å². The van der Waals surface area contributed by atoms with Gasteiger partial charge in [0.1, 0.15) is 0 Å². The van der Waals surface area contributed by atoms with Gasteiger partial charge in [0.2, 0.25) is 23.6 Å². The van der Waals surface area contributed by atoms with Gasteiger partial charge in [-0.2, -0.15) is 0 Å². The smallest absolute Gasteiger partial charge is 0.335 e. The fourth-order valence-electron chi connectivity index (χ4n) is 6.44. The summed E-state index contributed by atoms with van der Waals surface area (Å²) in [6.45, 7) is 1.18. The average Bonchev–Trinajstić information content (AvgIpc) is 3.34. The van der Waals surface area contributed by atoms with Crippen LogP contribution in [-0.4, -0.2) is 84.5 Å². The molecule has 5 rings (SSSR count). The zero-order valence-electron chi connectivity index (χ0n) is 37.8. The molecule has 1 atom stereocenters. The maximum Gasteiger partial charge on any atom is 0.335 e. The summed E-state index contributed by atoms with van der Waals surface area (Å²) in [5, 5.41) is 21.1. The van der Waals surface area contributed by atoms with Crippen LogP contribution < -0.4 is 21.3 Å². The Kier molecular flexibility index (Phi) is 25.2. The van der Waals surface area contributed by atoms with Crippen LogP contribution in [0.2, 0.25) is 0 Å². The van der Waals surface area contributed by atoms with Crippen molar-refractivity contribution in [1.82, 2.24) is 10.6 Å². The minimum atomic E-state index is -1.22. The summed E-state index contributed by atoms with van der Waals surface area (Å²) in [6, 6.07) is 44.3. The van der Waals surface area contributed by atoms with Crippen molar-refractivity contribution >= 4 is 76.3 Å². The first-order chi connectivity index (χ1) is 32.1. The van der Waals surface area contributed by atoms with Crippen LogP contribution in [0.25, 0.3) is 22.3 Å². The highest BCUT2D eigenvalue weighted by molar-refractivity contribution is 8.00. The number of methoxy groups -OCH3 is 1. The number of esters is 1. The van der Waals surface area contributed by atoms with Gasteiger partial charge in [-0.25, -0.2) is 4.79 Å². The van der Waals surface area contributed by atoms with E-state index >= 15 is 0 Å². The molecule has 1 unspecified atom stereocenters. The van der Waals surface area contributed by atoms with Crippen LogP contribution in [0.1, 0.15) is 56.9 Å². The first-order valence-corrected chi connectivity index (χ1v) is 25.6. The lowest BCUT2D eigenvalue weighted by Gasteiger charge is -2.09. The van der Waals surface area contributed by atoms with E-state index in [1.54, 1.807) is 23.5 Å². The summed E-state index contributed by atoms with van der Waals surface area (Å²) in [7, 11) is 1.20. The fourth-order valence-corrected chi connectivity index (χ4v) is 8.43. The van der Waals surface area contributed by atoms with E-state index in [1.165, 1.54) is 29.3 Å². The molecule has 0 radical (unpaired) electrons. The van der Waals surface area contributed by atoms with Crippen LogP contribution in [0.4, 0.5) is 11.4 Å². The van der Waals surface area contributed by atoms with Crippen molar-refractivity contribution in [2.24, 2.45) is 0 Å². The Hall–Kier alpha value is -5.54. The van der Waals surface area contributed by atoms with Gasteiger partial charge < -0.3 is 31.1 Å². The predicted octanol–water partition coefficient (Wildman–Crippen LogP) is 9.86. The molecule has 0 aliphatic carbocycles. The molecule has 0 saturated carbocycles. The molecular weight excluding hydrogens is 889 g/mol. The van der Waals surface area contributed by atoms with Crippen LogP contribution in [0.5, 0.6) is 0 Å². The number of carbonyl (C=O) groups excluding carboxylic acids is 5. The number of aliphatic hydroxyl groups is 1. The quantitative estimate of drug-likeness (QED) is 0.0205. The number of aliphatic hydroxyl groups excluding tert-OH is 1. The van der Waals surface area contributed by atoms with Gasteiger partial charge in [-0.15, -0.1) is 35.3 Å². The lowest BCUT2D eigenvalue weighted by Crippen LogP contribution is -2.28. The molecular formula is C52H62N4O7S3. The number of unbranched alkanes of at least 4 members (excludes halogenated alkanes) is 4. The van der Waals surface area contributed by atoms with Gasteiger partial charge in [-0.1, -0.05) is 110 Å². The maximum atomic E-state index is 12.3.